The van der Waals surface area contributed by atoms with Gasteiger partial charge in [-0.2, -0.15) is 0 Å². The quantitative estimate of drug-likeness (QED) is 0.175. The maximum absolute atomic E-state index is 10.5. The molecule has 7 heteroatoms. The molecule has 0 bridgehead atoms. The fourth-order valence-corrected chi connectivity index (χ4v) is 3.60. The molecule has 0 unspecified atom stereocenters. The second kappa shape index (κ2) is 15.3. The Labute approximate surface area is 202 Å². The molecule has 1 amide bonds. The Morgan fingerprint density at radius 2 is 1.71 bits per heavy atom. The van der Waals surface area contributed by atoms with Crippen LogP contribution >= 0.6 is 0 Å². The Kier molecular flexibility index (Phi) is 12.0. The number of hydrogen-bond acceptors (Lipinski definition) is 6. The van der Waals surface area contributed by atoms with Gasteiger partial charge >= 0.3 is 0 Å². The third-order valence-electron chi connectivity index (χ3n) is 5.46. The van der Waals surface area contributed by atoms with Crippen molar-refractivity contribution >= 4 is 17.9 Å². The molecule has 0 aliphatic carbocycles. The molecular weight excluding hydrogens is 426 g/mol. The van der Waals surface area contributed by atoms with Gasteiger partial charge in [0.1, 0.15) is 17.3 Å². The summed E-state index contributed by atoms with van der Waals surface area (Å²) < 4.78 is 5.58. The first-order valence-corrected chi connectivity index (χ1v) is 11.7. The van der Waals surface area contributed by atoms with Crippen molar-refractivity contribution < 1.29 is 9.53 Å². The van der Waals surface area contributed by atoms with Gasteiger partial charge in [-0.15, -0.1) is 0 Å². The predicted molar refractivity (Wildman–Crippen MR) is 139 cm³/mol. The summed E-state index contributed by atoms with van der Waals surface area (Å²) in [6, 6.07) is 18.9. The number of carbonyl (C=O) groups is 1. The summed E-state index contributed by atoms with van der Waals surface area (Å²) in [7, 11) is 0. The van der Waals surface area contributed by atoms with E-state index >= 15 is 0 Å². The van der Waals surface area contributed by atoms with E-state index in [0.29, 0.717) is 24.8 Å². The van der Waals surface area contributed by atoms with Crippen molar-refractivity contribution in [3.8, 4) is 11.5 Å². The number of unbranched alkanes of at least 4 members (excludes halogenated alkanes) is 2. The number of anilines is 2. The monoisotopic (exact) mass is 463 g/mol. The number of rotatable bonds is 12. The minimum atomic E-state index is 0.378. The first-order valence-electron chi connectivity index (χ1n) is 11.7. The number of carbonyl (C=O) groups excluding carboxylic acids is 1. The molecule has 0 spiro atoms. The molecule has 7 N–H and O–H groups in total. The van der Waals surface area contributed by atoms with Crippen LogP contribution in [-0.4, -0.2) is 17.9 Å². The zero-order chi connectivity index (χ0) is 24.6. The molecule has 0 saturated carbocycles. The number of para-hydroxylation sites is 1. The number of nitrogen functional groups attached to an aromatic ring is 2. The molecule has 7 nitrogen and oxygen atoms in total. The van der Waals surface area contributed by atoms with Crippen molar-refractivity contribution in [3.63, 3.8) is 0 Å². The summed E-state index contributed by atoms with van der Waals surface area (Å²) in [5, 5.41) is 2.78. The van der Waals surface area contributed by atoms with Crippen molar-refractivity contribution in [3.05, 3.63) is 78.0 Å². The zero-order valence-electron chi connectivity index (χ0n) is 20.0. The zero-order valence-corrected chi connectivity index (χ0v) is 20.0. The molecule has 182 valence electrons. The Hall–Kier alpha value is -3.58. The van der Waals surface area contributed by atoms with Crippen molar-refractivity contribution in [1.29, 1.82) is 0 Å². The van der Waals surface area contributed by atoms with Crippen LogP contribution in [0, 0.1) is 5.92 Å². The number of nitrogens with two attached hydrogens (primary N) is 3. The predicted octanol–water partition coefficient (Wildman–Crippen LogP) is 4.67. The van der Waals surface area contributed by atoms with Gasteiger partial charge in [-0.25, -0.2) is 4.98 Å². The topological polar surface area (TPSA) is 129 Å². The van der Waals surface area contributed by atoms with E-state index in [9.17, 15) is 4.79 Å². The van der Waals surface area contributed by atoms with Crippen LogP contribution in [0.2, 0.25) is 0 Å². The maximum Gasteiger partial charge on any atom is 0.207 e. The van der Waals surface area contributed by atoms with Gasteiger partial charge < -0.3 is 27.3 Å². The number of nitrogens with zero attached hydrogens (tertiary/aromatic N) is 1. The molecular formula is C27H37N5O2. The van der Waals surface area contributed by atoms with Crippen LogP contribution in [0.1, 0.15) is 43.7 Å². The van der Waals surface area contributed by atoms with Crippen molar-refractivity contribution in [2.75, 3.05) is 18.0 Å². The number of benzene rings is 2. The van der Waals surface area contributed by atoms with Crippen LogP contribution in [0.15, 0.2) is 66.9 Å². The highest BCUT2D eigenvalue weighted by Gasteiger charge is 2.14. The second-order valence-corrected chi connectivity index (χ2v) is 8.11. The summed E-state index contributed by atoms with van der Waals surface area (Å²) in [6.07, 6.45) is 7.91. The number of nitrogens with one attached hydrogen (secondary N) is 1. The molecule has 0 aliphatic rings. The van der Waals surface area contributed by atoms with E-state index in [0.717, 1.165) is 47.6 Å². The molecule has 0 radical (unpaired) electrons. The van der Waals surface area contributed by atoms with Crippen LogP contribution < -0.4 is 27.3 Å². The van der Waals surface area contributed by atoms with Crippen LogP contribution in [0.3, 0.4) is 0 Å². The van der Waals surface area contributed by atoms with E-state index in [-0.39, 0.29) is 0 Å². The average molecular weight is 464 g/mol. The Bertz CT molecular complexity index is 965. The lowest BCUT2D eigenvalue weighted by Gasteiger charge is -2.19. The van der Waals surface area contributed by atoms with E-state index < -0.39 is 0 Å². The smallest absolute Gasteiger partial charge is 0.207 e. The summed E-state index contributed by atoms with van der Waals surface area (Å²) in [5.41, 5.74) is 20.1. The van der Waals surface area contributed by atoms with Gasteiger partial charge in [-0.3, -0.25) is 4.79 Å². The first kappa shape index (κ1) is 26.7. The minimum Gasteiger partial charge on any atom is -0.457 e. The molecule has 3 aromatic rings. The fraction of sp³-hybridized carbons (Fsp3) is 0.333. The third-order valence-corrected chi connectivity index (χ3v) is 5.46. The summed E-state index contributed by atoms with van der Waals surface area (Å²) in [5.74, 6) is 2.56. The number of aromatic nitrogens is 1. The van der Waals surface area contributed by atoms with Gasteiger partial charge in [0.05, 0.1) is 0 Å². The number of pyridine rings is 1. The second-order valence-electron chi connectivity index (χ2n) is 8.11. The van der Waals surface area contributed by atoms with Gasteiger partial charge in [-0.05, 0) is 72.4 Å². The Balaban J connectivity index is 0.000000254. The van der Waals surface area contributed by atoms with E-state index in [1.807, 2.05) is 60.7 Å². The van der Waals surface area contributed by atoms with Crippen LogP contribution in [-0.2, 0) is 17.8 Å². The molecule has 34 heavy (non-hydrogen) atoms. The SMILES string of the molecule is CCCCC[C@H](CNC=O)Cc1c(CN)ccnc1N.Nc1ccc(Oc2ccccc2)cc1. The van der Waals surface area contributed by atoms with Gasteiger partial charge in [-0.1, -0.05) is 44.4 Å². The van der Waals surface area contributed by atoms with E-state index in [1.54, 1.807) is 6.20 Å². The fourth-order valence-electron chi connectivity index (χ4n) is 3.60. The van der Waals surface area contributed by atoms with Gasteiger partial charge in [0.2, 0.25) is 6.41 Å². The van der Waals surface area contributed by atoms with Crippen molar-refractivity contribution in [2.24, 2.45) is 11.7 Å². The van der Waals surface area contributed by atoms with E-state index in [4.69, 9.17) is 21.9 Å². The highest BCUT2D eigenvalue weighted by Crippen LogP contribution is 2.22. The molecule has 0 aliphatic heterocycles. The maximum atomic E-state index is 10.5. The van der Waals surface area contributed by atoms with E-state index in [2.05, 4.69) is 17.2 Å². The number of amides is 1. The highest BCUT2D eigenvalue weighted by molar-refractivity contribution is 5.47. The normalized spacial score (nSPS) is 11.1. The number of ether oxygens (including phenoxy) is 1. The average Bonchev–Trinajstić information content (AvgIpc) is 2.86. The van der Waals surface area contributed by atoms with Crippen molar-refractivity contribution in [2.45, 2.75) is 45.6 Å². The first-order chi connectivity index (χ1) is 16.6. The summed E-state index contributed by atoms with van der Waals surface area (Å²) >= 11 is 0. The summed E-state index contributed by atoms with van der Waals surface area (Å²) in [6.45, 7) is 3.32. The van der Waals surface area contributed by atoms with Gasteiger partial charge in [0, 0.05) is 25.0 Å². The van der Waals surface area contributed by atoms with Gasteiger partial charge in [0.25, 0.3) is 0 Å². The minimum absolute atomic E-state index is 0.378. The molecule has 0 fully saturated rings. The lowest BCUT2D eigenvalue weighted by atomic mass is 9.91. The lowest BCUT2D eigenvalue weighted by molar-refractivity contribution is -0.109. The molecule has 1 heterocycles. The molecule has 2 aromatic carbocycles. The Morgan fingerprint density at radius 1 is 1.00 bits per heavy atom. The molecule has 1 atom stereocenters. The molecule has 3 rings (SSSR count). The van der Waals surface area contributed by atoms with Crippen LogP contribution in [0.4, 0.5) is 11.5 Å². The number of hydrogen-bond donors (Lipinski definition) is 4. The lowest BCUT2D eigenvalue weighted by Crippen LogP contribution is -2.24. The molecule has 0 saturated heterocycles. The van der Waals surface area contributed by atoms with E-state index in [1.165, 1.54) is 19.3 Å². The largest absolute Gasteiger partial charge is 0.457 e. The third kappa shape index (κ3) is 9.50. The highest BCUT2D eigenvalue weighted by atomic mass is 16.5. The molecule has 1 aromatic heterocycles. The standard InChI is InChI=1S/C15H26N4O.C12H11NO/c1-2-3-4-5-12(10-18-11-20)8-14-13(9-16)6-7-19-15(14)17;13-10-6-8-12(9-7-10)14-11-4-2-1-3-5-11/h6-7,11-12H,2-5,8-10,16H2,1H3,(H2,17,19)(H,18,20);1-9H,13H2/t12-;/m0./s1. The van der Waals surface area contributed by atoms with Gasteiger partial charge in [0.15, 0.2) is 0 Å². The van der Waals surface area contributed by atoms with Crippen molar-refractivity contribution in [1.82, 2.24) is 10.3 Å². The Morgan fingerprint density at radius 3 is 2.35 bits per heavy atom. The van der Waals surface area contributed by atoms with Crippen LogP contribution in [0.25, 0.3) is 0 Å². The van der Waals surface area contributed by atoms with Crippen LogP contribution in [0.5, 0.6) is 11.5 Å². The summed E-state index contributed by atoms with van der Waals surface area (Å²) in [4.78, 5) is 14.7.